The summed E-state index contributed by atoms with van der Waals surface area (Å²) < 4.78 is 2.47. The molecule has 0 heterocycles. The summed E-state index contributed by atoms with van der Waals surface area (Å²) in [6, 6.07) is 0. The van der Waals surface area contributed by atoms with Gasteiger partial charge in [0.25, 0.3) is 0 Å². The lowest BCUT2D eigenvalue weighted by Crippen LogP contribution is -2.47. The van der Waals surface area contributed by atoms with E-state index in [9.17, 15) is 0 Å². The Morgan fingerprint density at radius 3 is 1.00 bits per heavy atom. The molecule has 0 unspecified atom stereocenters. The van der Waals surface area contributed by atoms with Gasteiger partial charge in [0.1, 0.15) is 8.96 Å². The van der Waals surface area contributed by atoms with Crippen LogP contribution in [0.5, 0.6) is 0 Å². The molecule has 0 rings (SSSR count). The van der Waals surface area contributed by atoms with E-state index in [4.69, 9.17) is 0 Å². The first-order valence-electron chi connectivity index (χ1n) is 4.73. The minimum atomic E-state index is -0.850. The van der Waals surface area contributed by atoms with E-state index in [1.807, 2.05) is 0 Å². The minimum absolute atomic E-state index is 0.488. The number of nitrogens with zero attached hydrogens (tertiary/aromatic N) is 1. The Bertz CT molecular complexity index is 125. The Hall–Kier alpha value is 0.177. The van der Waals surface area contributed by atoms with Crippen molar-refractivity contribution in [2.24, 2.45) is 0 Å². The van der Waals surface area contributed by atoms with Crippen molar-refractivity contribution in [1.82, 2.24) is 4.57 Å². The SMILES string of the molecule is CN(C)[SiH](C(C)(C)C)C(C)(C)C. The van der Waals surface area contributed by atoms with Crippen LogP contribution in [0.2, 0.25) is 10.1 Å². The van der Waals surface area contributed by atoms with Crippen LogP contribution in [-0.2, 0) is 0 Å². The molecule has 0 spiro atoms. The second kappa shape index (κ2) is 3.50. The molecule has 1 nitrogen and oxygen atoms in total. The zero-order chi connectivity index (χ0) is 10.2. The standard InChI is InChI=1S/C10H25NSi/c1-9(2,3)12(11(7)8)10(4,5)6/h12H,1-8H3. The molecule has 0 aliphatic rings. The first kappa shape index (κ1) is 12.2. The molecule has 74 valence electrons. The molecular formula is C10H25NSi. The summed E-state index contributed by atoms with van der Waals surface area (Å²) in [5.74, 6) is 0. The van der Waals surface area contributed by atoms with Gasteiger partial charge in [0.2, 0.25) is 0 Å². The molecule has 0 fully saturated rings. The number of hydrogen-bond donors (Lipinski definition) is 0. The fraction of sp³-hybridized carbons (Fsp3) is 1.00. The van der Waals surface area contributed by atoms with Crippen LogP contribution in [-0.4, -0.2) is 27.6 Å². The monoisotopic (exact) mass is 187 g/mol. The molecule has 0 atom stereocenters. The molecule has 12 heavy (non-hydrogen) atoms. The van der Waals surface area contributed by atoms with Gasteiger partial charge < -0.3 is 4.57 Å². The van der Waals surface area contributed by atoms with Gasteiger partial charge in [-0.1, -0.05) is 41.5 Å². The van der Waals surface area contributed by atoms with E-state index in [1.165, 1.54) is 0 Å². The molecule has 0 amide bonds. The Morgan fingerprint density at radius 1 is 0.750 bits per heavy atom. The van der Waals surface area contributed by atoms with E-state index in [2.05, 4.69) is 60.2 Å². The van der Waals surface area contributed by atoms with Crippen molar-refractivity contribution in [3.63, 3.8) is 0 Å². The lowest BCUT2D eigenvalue weighted by atomic mass is 10.2. The quantitative estimate of drug-likeness (QED) is 0.571. The molecule has 0 N–H and O–H groups in total. The highest BCUT2D eigenvalue weighted by atomic mass is 28.3. The molecule has 0 radical (unpaired) electrons. The van der Waals surface area contributed by atoms with Crippen molar-refractivity contribution in [2.75, 3.05) is 14.1 Å². The third kappa shape index (κ3) is 3.28. The van der Waals surface area contributed by atoms with Gasteiger partial charge in [-0.25, -0.2) is 0 Å². The van der Waals surface area contributed by atoms with Gasteiger partial charge in [-0.15, -0.1) is 0 Å². The highest BCUT2D eigenvalue weighted by molar-refractivity contribution is 6.62. The zero-order valence-electron chi connectivity index (χ0n) is 10.0. The van der Waals surface area contributed by atoms with Crippen LogP contribution in [0.3, 0.4) is 0 Å². The van der Waals surface area contributed by atoms with Gasteiger partial charge >= 0.3 is 0 Å². The summed E-state index contributed by atoms with van der Waals surface area (Å²) in [4.78, 5) is 0. The van der Waals surface area contributed by atoms with Crippen LogP contribution in [0.1, 0.15) is 41.5 Å². The first-order valence-corrected chi connectivity index (χ1v) is 6.40. The molecule has 2 heteroatoms. The largest absolute Gasteiger partial charge is 0.331 e. The molecular weight excluding hydrogens is 162 g/mol. The molecule has 0 saturated carbocycles. The topological polar surface area (TPSA) is 3.24 Å². The van der Waals surface area contributed by atoms with Crippen LogP contribution in [0.4, 0.5) is 0 Å². The zero-order valence-corrected chi connectivity index (χ0v) is 11.2. The number of rotatable bonds is 1. The van der Waals surface area contributed by atoms with Crippen molar-refractivity contribution < 1.29 is 0 Å². The molecule has 0 aromatic heterocycles. The maximum atomic E-state index is 2.47. The number of hydrogen-bond acceptors (Lipinski definition) is 1. The van der Waals surface area contributed by atoms with Crippen LogP contribution in [0, 0.1) is 0 Å². The third-order valence-electron chi connectivity index (χ3n) is 2.16. The van der Waals surface area contributed by atoms with E-state index in [0.717, 1.165) is 0 Å². The second-order valence-corrected chi connectivity index (χ2v) is 11.4. The summed E-state index contributed by atoms with van der Waals surface area (Å²) >= 11 is 0. The van der Waals surface area contributed by atoms with Crippen LogP contribution < -0.4 is 0 Å². The summed E-state index contributed by atoms with van der Waals surface area (Å²) in [7, 11) is 3.61. The van der Waals surface area contributed by atoms with E-state index < -0.39 is 8.96 Å². The second-order valence-electron chi connectivity index (χ2n) is 6.10. The fourth-order valence-corrected chi connectivity index (χ4v) is 8.54. The predicted molar refractivity (Wildman–Crippen MR) is 60.3 cm³/mol. The third-order valence-corrected chi connectivity index (χ3v) is 6.47. The molecule has 0 aromatic rings. The summed E-state index contributed by atoms with van der Waals surface area (Å²) in [6.45, 7) is 14.2. The Labute approximate surface area is 79.8 Å². The lowest BCUT2D eigenvalue weighted by Gasteiger charge is -2.43. The molecule has 0 aliphatic heterocycles. The molecule has 0 aromatic carbocycles. The maximum Gasteiger partial charge on any atom is 0.122 e. The van der Waals surface area contributed by atoms with E-state index >= 15 is 0 Å². The van der Waals surface area contributed by atoms with Crippen LogP contribution >= 0.6 is 0 Å². The van der Waals surface area contributed by atoms with Gasteiger partial charge in [-0.05, 0) is 24.2 Å². The summed E-state index contributed by atoms with van der Waals surface area (Å²) in [6.07, 6.45) is 0. The van der Waals surface area contributed by atoms with Crippen molar-refractivity contribution >= 4 is 8.96 Å². The van der Waals surface area contributed by atoms with Gasteiger partial charge in [0, 0.05) is 0 Å². The minimum Gasteiger partial charge on any atom is -0.331 e. The Balaban J connectivity index is 4.70. The fourth-order valence-electron chi connectivity index (χ4n) is 2.85. The Kier molecular flexibility index (Phi) is 3.56. The average Bonchev–Trinajstić information content (AvgIpc) is 1.49. The van der Waals surface area contributed by atoms with Crippen LogP contribution in [0.15, 0.2) is 0 Å². The highest BCUT2D eigenvalue weighted by Crippen LogP contribution is 2.42. The van der Waals surface area contributed by atoms with Crippen LogP contribution in [0.25, 0.3) is 0 Å². The highest BCUT2D eigenvalue weighted by Gasteiger charge is 2.38. The predicted octanol–water partition coefficient (Wildman–Crippen LogP) is 2.87. The van der Waals surface area contributed by atoms with Gasteiger partial charge in [0.15, 0.2) is 0 Å². The van der Waals surface area contributed by atoms with Gasteiger partial charge in [0.05, 0.1) is 0 Å². The average molecular weight is 187 g/mol. The first-order chi connectivity index (χ1) is 5.07. The van der Waals surface area contributed by atoms with Crippen molar-refractivity contribution in [1.29, 1.82) is 0 Å². The maximum absolute atomic E-state index is 2.47. The van der Waals surface area contributed by atoms with E-state index in [-0.39, 0.29) is 0 Å². The Morgan fingerprint density at radius 2 is 1.00 bits per heavy atom. The van der Waals surface area contributed by atoms with Gasteiger partial charge in [-0.2, -0.15) is 0 Å². The van der Waals surface area contributed by atoms with Crippen molar-refractivity contribution in [2.45, 2.75) is 51.6 Å². The molecule has 0 aliphatic carbocycles. The van der Waals surface area contributed by atoms with Gasteiger partial charge in [-0.3, -0.25) is 0 Å². The molecule has 0 saturated heterocycles. The van der Waals surface area contributed by atoms with E-state index in [1.54, 1.807) is 0 Å². The van der Waals surface area contributed by atoms with Crippen molar-refractivity contribution in [3.05, 3.63) is 0 Å². The normalized spacial score (nSPS) is 14.5. The van der Waals surface area contributed by atoms with E-state index in [0.29, 0.717) is 10.1 Å². The lowest BCUT2D eigenvalue weighted by molar-refractivity contribution is 0.512. The van der Waals surface area contributed by atoms with Crippen molar-refractivity contribution in [3.8, 4) is 0 Å². The smallest absolute Gasteiger partial charge is 0.122 e. The summed E-state index contributed by atoms with van der Waals surface area (Å²) in [5.41, 5.74) is 0. The molecule has 0 bridgehead atoms. The summed E-state index contributed by atoms with van der Waals surface area (Å²) in [5, 5.41) is 0.976.